The fraction of sp³-hybridized carbons (Fsp3) is 0.853. The van der Waals surface area contributed by atoms with Crippen molar-refractivity contribution in [3.05, 3.63) is 48.6 Å². The average Bonchev–Trinajstić information content (AvgIpc) is 3.46. The van der Waals surface area contributed by atoms with E-state index < -0.39 is 6.10 Å². The highest BCUT2D eigenvalue weighted by Crippen LogP contribution is 2.18. The predicted molar refractivity (Wildman–Crippen MR) is 353 cm³/mol. The van der Waals surface area contributed by atoms with Crippen LogP contribution in [-0.4, -0.2) is 37.2 Å². The first kappa shape index (κ1) is 78.4. The molecule has 0 bridgehead atoms. The van der Waals surface area contributed by atoms with Crippen LogP contribution in [-0.2, 0) is 28.6 Å². The first-order chi connectivity index (χ1) is 40.0. The van der Waals surface area contributed by atoms with Crippen LogP contribution in [0.3, 0.4) is 0 Å². The van der Waals surface area contributed by atoms with Gasteiger partial charge < -0.3 is 14.2 Å². The number of hydrogen-bond donors (Lipinski definition) is 0. The number of unbranched alkanes of at least 4 members (excludes halogenated alkanes) is 48. The topological polar surface area (TPSA) is 78.9 Å². The smallest absolute Gasteiger partial charge is 0.306 e. The Morgan fingerprint density at radius 1 is 0.247 bits per heavy atom. The summed E-state index contributed by atoms with van der Waals surface area (Å²) < 4.78 is 17.0. The molecule has 0 rings (SSSR count). The van der Waals surface area contributed by atoms with Crippen LogP contribution < -0.4 is 0 Å². The van der Waals surface area contributed by atoms with E-state index in [1.54, 1.807) is 0 Å². The number of carbonyl (C=O) groups excluding carboxylic acids is 3. The molecule has 474 valence electrons. The summed E-state index contributed by atoms with van der Waals surface area (Å²) in [6, 6.07) is 0. The lowest BCUT2D eigenvalue weighted by Crippen LogP contribution is -2.30. The Balaban J connectivity index is 4.24. The van der Waals surface area contributed by atoms with Crippen LogP contribution in [0.5, 0.6) is 0 Å². The quantitative estimate of drug-likeness (QED) is 0.0261. The number of carbonyl (C=O) groups is 3. The highest BCUT2D eigenvalue weighted by Gasteiger charge is 2.19. The molecule has 0 aliphatic carbocycles. The van der Waals surface area contributed by atoms with Crippen LogP contribution in [0.15, 0.2) is 48.6 Å². The summed E-state index contributed by atoms with van der Waals surface area (Å²) in [5.74, 6) is -0.844. The average molecular weight is 1140 g/mol. The third-order valence-corrected chi connectivity index (χ3v) is 16.3. The van der Waals surface area contributed by atoms with Gasteiger partial charge in [-0.25, -0.2) is 0 Å². The SMILES string of the molecule is CCCCCCC/C=C\C/C=C\C/C=C\CCCCCCCCCCCCCCC(=O)OCC(COC(=O)CCCCCCCCCCCCCCC)OC(=O)CCCCCCCCCCCCC/C=C\CCCCCCCCCC. The number of esters is 3. The molecule has 0 saturated heterocycles. The van der Waals surface area contributed by atoms with Crippen molar-refractivity contribution in [2.24, 2.45) is 0 Å². The molecule has 0 aromatic carbocycles. The largest absolute Gasteiger partial charge is 0.462 e. The zero-order valence-electron chi connectivity index (χ0n) is 54.6. The molecule has 0 aromatic heterocycles. The Morgan fingerprint density at radius 3 is 0.704 bits per heavy atom. The third kappa shape index (κ3) is 68.0. The summed E-state index contributed by atoms with van der Waals surface area (Å²) in [6.07, 6.45) is 88.5. The summed E-state index contributed by atoms with van der Waals surface area (Å²) in [5.41, 5.74) is 0. The maximum atomic E-state index is 13.0. The Hall–Kier alpha value is -2.63. The highest BCUT2D eigenvalue weighted by molar-refractivity contribution is 5.71. The fourth-order valence-corrected chi connectivity index (χ4v) is 10.9. The lowest BCUT2D eigenvalue weighted by Gasteiger charge is -2.18. The van der Waals surface area contributed by atoms with E-state index in [1.807, 2.05) is 0 Å². The number of rotatable bonds is 67. The minimum atomic E-state index is -0.773. The first-order valence-electron chi connectivity index (χ1n) is 36.1. The molecule has 0 spiro atoms. The van der Waals surface area contributed by atoms with Crippen LogP contribution in [0.4, 0.5) is 0 Å². The summed E-state index contributed by atoms with van der Waals surface area (Å²) in [4.78, 5) is 38.4. The maximum absolute atomic E-state index is 13.0. The van der Waals surface area contributed by atoms with E-state index in [2.05, 4.69) is 69.4 Å². The van der Waals surface area contributed by atoms with Crippen molar-refractivity contribution < 1.29 is 28.6 Å². The molecule has 0 aliphatic rings. The zero-order valence-corrected chi connectivity index (χ0v) is 54.6. The molecule has 0 N–H and O–H groups in total. The molecule has 0 fully saturated rings. The molecule has 0 heterocycles. The van der Waals surface area contributed by atoms with Crippen LogP contribution in [0.25, 0.3) is 0 Å². The number of allylic oxidation sites excluding steroid dienone is 8. The molecule has 6 heteroatoms. The van der Waals surface area contributed by atoms with Crippen LogP contribution >= 0.6 is 0 Å². The summed E-state index contributed by atoms with van der Waals surface area (Å²) >= 11 is 0. The van der Waals surface area contributed by atoms with E-state index in [4.69, 9.17) is 14.2 Å². The zero-order chi connectivity index (χ0) is 58.5. The molecule has 1 unspecified atom stereocenters. The van der Waals surface area contributed by atoms with Crippen molar-refractivity contribution in [3.8, 4) is 0 Å². The van der Waals surface area contributed by atoms with Crippen molar-refractivity contribution in [1.29, 1.82) is 0 Å². The van der Waals surface area contributed by atoms with Gasteiger partial charge in [0.05, 0.1) is 0 Å². The Bertz CT molecular complexity index is 1400. The van der Waals surface area contributed by atoms with Gasteiger partial charge in [0.2, 0.25) is 0 Å². The van der Waals surface area contributed by atoms with Crippen molar-refractivity contribution in [1.82, 2.24) is 0 Å². The molecular formula is C75H138O6. The lowest BCUT2D eigenvalue weighted by molar-refractivity contribution is -0.167. The molecule has 6 nitrogen and oxygen atoms in total. The normalized spacial score (nSPS) is 12.3. The van der Waals surface area contributed by atoms with Gasteiger partial charge in [-0.2, -0.15) is 0 Å². The number of ether oxygens (including phenoxy) is 3. The van der Waals surface area contributed by atoms with Crippen molar-refractivity contribution in [2.45, 2.75) is 399 Å². The second kappa shape index (κ2) is 69.9. The van der Waals surface area contributed by atoms with Crippen LogP contribution in [0.2, 0.25) is 0 Å². The first-order valence-corrected chi connectivity index (χ1v) is 36.1. The van der Waals surface area contributed by atoms with E-state index in [9.17, 15) is 14.4 Å². The monoisotopic (exact) mass is 1140 g/mol. The maximum Gasteiger partial charge on any atom is 0.306 e. The van der Waals surface area contributed by atoms with E-state index >= 15 is 0 Å². The van der Waals surface area contributed by atoms with Gasteiger partial charge in [-0.05, 0) is 83.5 Å². The van der Waals surface area contributed by atoms with Gasteiger partial charge in [0.1, 0.15) is 13.2 Å². The minimum Gasteiger partial charge on any atom is -0.462 e. The lowest BCUT2D eigenvalue weighted by atomic mass is 10.0. The molecule has 1 atom stereocenters. The standard InChI is InChI=1S/C75H138O6/c1-4-7-10-13-16-19-22-25-27-29-31-33-35-36-37-38-40-41-43-45-47-50-53-56-59-62-65-68-74(77)80-71-72(70-79-73(76)67-64-61-58-55-52-49-24-21-18-15-12-9-6-3)81-75(78)69-66-63-60-57-54-51-48-46-44-42-39-34-32-30-28-26-23-20-17-14-11-8-5-2/h22,25,29-32,35-36,72H,4-21,23-24,26-28,33-34,37-71H2,1-3H3/b25-22-,31-29-,32-30-,36-35-. The van der Waals surface area contributed by atoms with Gasteiger partial charge in [-0.3, -0.25) is 14.4 Å². The fourth-order valence-electron chi connectivity index (χ4n) is 10.9. The molecular weight excluding hydrogens is 997 g/mol. The molecule has 0 saturated carbocycles. The molecule has 0 aromatic rings. The molecule has 0 radical (unpaired) electrons. The second-order valence-corrected chi connectivity index (χ2v) is 24.5. The van der Waals surface area contributed by atoms with Crippen molar-refractivity contribution in [2.75, 3.05) is 13.2 Å². The van der Waals surface area contributed by atoms with Crippen LogP contribution in [0.1, 0.15) is 393 Å². The highest BCUT2D eigenvalue weighted by atomic mass is 16.6. The summed E-state index contributed by atoms with van der Waals surface area (Å²) in [5, 5.41) is 0. The van der Waals surface area contributed by atoms with E-state index in [1.165, 1.54) is 283 Å². The minimum absolute atomic E-state index is 0.0688. The van der Waals surface area contributed by atoms with Gasteiger partial charge in [-0.1, -0.05) is 339 Å². The van der Waals surface area contributed by atoms with Gasteiger partial charge >= 0.3 is 17.9 Å². The van der Waals surface area contributed by atoms with Crippen molar-refractivity contribution in [3.63, 3.8) is 0 Å². The van der Waals surface area contributed by atoms with Gasteiger partial charge in [0, 0.05) is 19.3 Å². The van der Waals surface area contributed by atoms with E-state index in [0.29, 0.717) is 19.3 Å². The second-order valence-electron chi connectivity index (χ2n) is 24.5. The molecule has 81 heavy (non-hydrogen) atoms. The van der Waals surface area contributed by atoms with E-state index in [-0.39, 0.29) is 31.1 Å². The van der Waals surface area contributed by atoms with Crippen molar-refractivity contribution >= 4 is 17.9 Å². The molecule has 0 amide bonds. The summed E-state index contributed by atoms with van der Waals surface area (Å²) in [7, 11) is 0. The van der Waals surface area contributed by atoms with Gasteiger partial charge in [-0.15, -0.1) is 0 Å². The Morgan fingerprint density at radius 2 is 0.444 bits per heavy atom. The number of hydrogen-bond acceptors (Lipinski definition) is 6. The van der Waals surface area contributed by atoms with E-state index in [0.717, 1.165) is 70.6 Å². The van der Waals surface area contributed by atoms with Gasteiger partial charge in [0.25, 0.3) is 0 Å². The van der Waals surface area contributed by atoms with Crippen LogP contribution in [0, 0.1) is 0 Å². The van der Waals surface area contributed by atoms with Gasteiger partial charge in [0.15, 0.2) is 6.10 Å². The third-order valence-electron chi connectivity index (χ3n) is 16.3. The summed E-state index contributed by atoms with van der Waals surface area (Å²) in [6.45, 7) is 6.69. The predicted octanol–water partition coefficient (Wildman–Crippen LogP) is 24.9. The molecule has 0 aliphatic heterocycles. The Kier molecular flexibility index (Phi) is 67.6. The Labute approximate surface area is 505 Å².